The van der Waals surface area contributed by atoms with E-state index in [9.17, 15) is 19.2 Å². The minimum atomic E-state index is -0.298. The number of unbranched alkanes of at least 4 members (excludes halogenated alkanes) is 3. The van der Waals surface area contributed by atoms with Gasteiger partial charge in [-0.2, -0.15) is 0 Å². The molecule has 1 amide bonds. The van der Waals surface area contributed by atoms with Crippen LogP contribution in [0.3, 0.4) is 0 Å². The molecule has 0 spiro atoms. The number of esters is 1. The Kier molecular flexibility index (Phi) is 20.7. The molecule has 0 fully saturated rings. The van der Waals surface area contributed by atoms with E-state index in [2.05, 4.69) is 45.2 Å². The molecule has 6 rings (SSSR count). The lowest BCUT2D eigenvalue weighted by Crippen LogP contribution is -2.35. The molecule has 1 N–H and O–H groups in total. The van der Waals surface area contributed by atoms with Gasteiger partial charge in [0.15, 0.2) is 34.6 Å². The summed E-state index contributed by atoms with van der Waals surface area (Å²) < 4.78 is 30.0. The average molecular weight is 972 g/mol. The Labute approximate surface area is 422 Å². The van der Waals surface area contributed by atoms with Crippen molar-refractivity contribution in [2.75, 3.05) is 33.5 Å². The highest BCUT2D eigenvalue weighted by Crippen LogP contribution is 2.39. The van der Waals surface area contributed by atoms with Gasteiger partial charge in [-0.1, -0.05) is 74.4 Å². The molecule has 4 atom stereocenters. The molecule has 2 heterocycles. The quantitative estimate of drug-likeness (QED) is 0.0424. The maximum absolute atomic E-state index is 13.8. The average Bonchev–Trinajstić information content (AvgIpc) is 3.61. The molecule has 1 aliphatic carbocycles. The van der Waals surface area contributed by atoms with Crippen molar-refractivity contribution in [3.05, 3.63) is 106 Å². The van der Waals surface area contributed by atoms with Crippen LogP contribution in [-0.2, 0) is 27.4 Å². The predicted octanol–water partition coefficient (Wildman–Crippen LogP) is 12.2. The van der Waals surface area contributed by atoms with Gasteiger partial charge < -0.3 is 33.9 Å². The minimum absolute atomic E-state index is 0.104. The molecule has 3 aromatic carbocycles. The number of carbonyl (C=O) groups is 4. The van der Waals surface area contributed by atoms with Gasteiger partial charge in [0.1, 0.15) is 6.61 Å². The summed E-state index contributed by atoms with van der Waals surface area (Å²) in [4.78, 5) is 59.0. The number of carbonyl (C=O) groups excluding carboxylic acids is 4. The van der Waals surface area contributed by atoms with Crippen LogP contribution in [0.2, 0.25) is 0 Å². The number of aliphatic imine (C=N–C) groups is 1. The Balaban J connectivity index is 0.949. The van der Waals surface area contributed by atoms with Crippen molar-refractivity contribution in [1.82, 2.24) is 10.2 Å². The number of Topliss-reactive ketones (excluding diaryl/α,β-unsaturated/α-hetero) is 2. The lowest BCUT2D eigenvalue weighted by atomic mass is 9.93. The summed E-state index contributed by atoms with van der Waals surface area (Å²) in [5.74, 6) is 3.41. The number of hydrogen-bond donors (Lipinski definition) is 1. The van der Waals surface area contributed by atoms with Crippen molar-refractivity contribution >= 4 is 41.4 Å². The summed E-state index contributed by atoms with van der Waals surface area (Å²) in [5.41, 5.74) is 6.65. The first-order chi connectivity index (χ1) is 34.2. The number of ketones is 2. The molecule has 12 nitrogen and oxygen atoms in total. The standard InChI is InChI=1S/C59H77N3O9/c1-9-40(4)28-46-22-23-47-32-55(54(67-8)33-49(47)53(64)31-46)68-25-12-10-13-26-70-57-35-51-50(59(66)62-37-41(5)29-48(62)36-61-51)34-56(57)69-27-14-11-17-58(65)71-38-45-20-18-44(19-21-45)30-52(63)43(7)60-24-15-16-42(6)39(2)3/h9,18-23,32-37,39,42-43,46,48,60H,10-17,24-31,38H2,1-8H3/b40-9-/t42-,43+,46-,48+/m1/s1. The third kappa shape index (κ3) is 16.0. The van der Waals surface area contributed by atoms with Crippen LogP contribution in [0.4, 0.5) is 5.69 Å². The molecule has 0 radical (unpaired) electrons. The fraction of sp³-hybridized carbons (Fsp3) is 0.508. The van der Waals surface area contributed by atoms with Gasteiger partial charge in [-0.15, -0.1) is 0 Å². The number of hydrogen-bond acceptors (Lipinski definition) is 11. The monoisotopic (exact) mass is 972 g/mol. The zero-order valence-corrected chi connectivity index (χ0v) is 43.5. The lowest BCUT2D eigenvalue weighted by molar-refractivity contribution is -0.145. The number of ether oxygens (including phenoxy) is 5. The van der Waals surface area contributed by atoms with Crippen LogP contribution >= 0.6 is 0 Å². The van der Waals surface area contributed by atoms with Gasteiger partial charge in [0, 0.05) is 43.3 Å². The van der Waals surface area contributed by atoms with E-state index in [4.69, 9.17) is 28.7 Å². The minimum Gasteiger partial charge on any atom is -0.493 e. The van der Waals surface area contributed by atoms with Gasteiger partial charge in [-0.3, -0.25) is 24.2 Å². The Bertz CT molecular complexity index is 2430. The number of allylic oxidation sites excluding steroid dienone is 3. The zero-order chi connectivity index (χ0) is 50.9. The predicted molar refractivity (Wildman–Crippen MR) is 281 cm³/mol. The first-order valence-corrected chi connectivity index (χ1v) is 25.9. The third-order valence-corrected chi connectivity index (χ3v) is 13.9. The van der Waals surface area contributed by atoms with E-state index in [1.54, 1.807) is 30.2 Å². The summed E-state index contributed by atoms with van der Waals surface area (Å²) in [5, 5.41) is 3.38. The molecule has 0 unspecified atom stereocenters. The second-order valence-electron chi connectivity index (χ2n) is 20.0. The van der Waals surface area contributed by atoms with E-state index in [1.807, 2.05) is 69.6 Å². The number of amides is 1. The van der Waals surface area contributed by atoms with Gasteiger partial charge in [-0.05, 0) is 145 Å². The lowest BCUT2D eigenvalue weighted by Gasteiger charge is -2.19. The molecule has 0 saturated carbocycles. The topological polar surface area (TPSA) is 142 Å². The molecule has 382 valence electrons. The number of fused-ring (bicyclic) bond motifs is 3. The van der Waals surface area contributed by atoms with Crippen LogP contribution in [0.25, 0.3) is 6.08 Å². The van der Waals surface area contributed by atoms with Crippen LogP contribution in [0.15, 0.2) is 83.0 Å². The number of nitrogens with zero attached hydrogens (tertiary/aromatic N) is 2. The second-order valence-corrected chi connectivity index (χ2v) is 20.0. The molecular weight excluding hydrogens is 895 g/mol. The van der Waals surface area contributed by atoms with Crippen molar-refractivity contribution in [2.24, 2.45) is 22.7 Å². The molecule has 0 aromatic heterocycles. The summed E-state index contributed by atoms with van der Waals surface area (Å²) in [6.07, 6.45) is 18.3. The molecule has 0 bridgehead atoms. The van der Waals surface area contributed by atoms with Gasteiger partial charge in [-0.25, -0.2) is 0 Å². The Morgan fingerprint density at radius 3 is 2.18 bits per heavy atom. The number of rotatable bonds is 28. The van der Waals surface area contributed by atoms with E-state index in [0.29, 0.717) is 97.2 Å². The largest absolute Gasteiger partial charge is 0.493 e. The van der Waals surface area contributed by atoms with Crippen LogP contribution in [0.5, 0.6) is 23.0 Å². The van der Waals surface area contributed by atoms with Gasteiger partial charge in [0.25, 0.3) is 5.91 Å². The smallest absolute Gasteiger partial charge is 0.306 e. The van der Waals surface area contributed by atoms with Gasteiger partial charge in [0.05, 0.1) is 50.3 Å². The van der Waals surface area contributed by atoms with E-state index in [1.165, 1.54) is 5.57 Å². The fourth-order valence-electron chi connectivity index (χ4n) is 8.89. The summed E-state index contributed by atoms with van der Waals surface area (Å²) in [7, 11) is 1.59. The van der Waals surface area contributed by atoms with Crippen LogP contribution in [-0.4, -0.2) is 80.1 Å². The Morgan fingerprint density at radius 1 is 0.831 bits per heavy atom. The van der Waals surface area contributed by atoms with E-state index < -0.39 is 0 Å². The van der Waals surface area contributed by atoms with Crippen molar-refractivity contribution in [1.29, 1.82) is 0 Å². The van der Waals surface area contributed by atoms with Crippen molar-refractivity contribution in [3.63, 3.8) is 0 Å². The molecule has 71 heavy (non-hydrogen) atoms. The normalized spacial score (nSPS) is 17.2. The van der Waals surface area contributed by atoms with Crippen molar-refractivity contribution in [3.8, 4) is 23.0 Å². The Hall–Kier alpha value is -6.01. The first-order valence-electron chi connectivity index (χ1n) is 25.9. The number of benzene rings is 3. The van der Waals surface area contributed by atoms with Crippen LogP contribution < -0.4 is 24.3 Å². The molecule has 3 aromatic rings. The first kappa shape index (κ1) is 54.3. The maximum atomic E-state index is 13.8. The number of nitrogens with one attached hydrogen (secondary N) is 1. The Morgan fingerprint density at radius 2 is 1.49 bits per heavy atom. The molecular formula is C59H77N3O9. The van der Waals surface area contributed by atoms with E-state index in [0.717, 1.165) is 73.8 Å². The highest BCUT2D eigenvalue weighted by atomic mass is 16.5. The highest BCUT2D eigenvalue weighted by Gasteiger charge is 2.32. The molecule has 2 aliphatic heterocycles. The van der Waals surface area contributed by atoms with Crippen molar-refractivity contribution in [2.45, 2.75) is 144 Å². The SMILES string of the molecule is C/C=C(/C)C[C@H]1C=Cc2cc(OCCCCCOc3cc4c(cc3OCCCCC(=O)OCc3ccc(CC(=O)[C@H](C)NCCC[C@@H](C)C(C)C)cc3)C(=O)N3C=C(C)C[C@H]3C=N4)c(OC)cc2C(=O)C1. The van der Waals surface area contributed by atoms with Gasteiger partial charge >= 0.3 is 5.97 Å². The second kappa shape index (κ2) is 27.0. The summed E-state index contributed by atoms with van der Waals surface area (Å²) in [6, 6.07) is 14.5. The van der Waals surface area contributed by atoms with Gasteiger partial charge in [0.2, 0.25) is 0 Å². The summed E-state index contributed by atoms with van der Waals surface area (Å²) in [6.45, 7) is 17.0. The van der Waals surface area contributed by atoms with Crippen LogP contribution in [0, 0.1) is 17.8 Å². The molecule has 0 saturated heterocycles. The summed E-state index contributed by atoms with van der Waals surface area (Å²) >= 11 is 0. The molecule has 12 heteroatoms. The zero-order valence-electron chi connectivity index (χ0n) is 43.5. The third-order valence-electron chi connectivity index (χ3n) is 13.9. The fourth-order valence-corrected chi connectivity index (χ4v) is 8.89. The number of methoxy groups -OCH3 is 1. The molecule has 3 aliphatic rings. The van der Waals surface area contributed by atoms with Crippen LogP contribution in [0.1, 0.15) is 157 Å². The highest BCUT2D eigenvalue weighted by molar-refractivity contribution is 6.04. The van der Waals surface area contributed by atoms with E-state index >= 15 is 0 Å². The van der Waals surface area contributed by atoms with Crippen molar-refractivity contribution < 1.29 is 42.9 Å². The van der Waals surface area contributed by atoms with E-state index in [-0.39, 0.29) is 54.5 Å². The maximum Gasteiger partial charge on any atom is 0.306 e.